The van der Waals surface area contributed by atoms with Crippen molar-refractivity contribution in [3.63, 3.8) is 0 Å². The SMILES string of the molecule is O=C(O)COCC(=O)NCCCNC(=O)OCc1ccccc1. The van der Waals surface area contributed by atoms with Crippen LogP contribution >= 0.6 is 0 Å². The van der Waals surface area contributed by atoms with Gasteiger partial charge in [-0.25, -0.2) is 9.59 Å². The Morgan fingerprint density at radius 1 is 1.00 bits per heavy atom. The van der Waals surface area contributed by atoms with Crippen molar-refractivity contribution in [1.82, 2.24) is 10.6 Å². The molecule has 0 saturated heterocycles. The summed E-state index contributed by atoms with van der Waals surface area (Å²) in [6, 6.07) is 9.31. The van der Waals surface area contributed by atoms with E-state index in [4.69, 9.17) is 9.84 Å². The summed E-state index contributed by atoms with van der Waals surface area (Å²) in [6.45, 7) is 0.0729. The van der Waals surface area contributed by atoms with E-state index < -0.39 is 24.6 Å². The maximum atomic E-state index is 11.4. The van der Waals surface area contributed by atoms with E-state index in [1.807, 2.05) is 30.3 Å². The second-order valence-electron chi connectivity index (χ2n) is 4.58. The number of carbonyl (C=O) groups is 3. The number of amides is 2. The van der Waals surface area contributed by atoms with E-state index in [-0.39, 0.29) is 13.2 Å². The predicted molar refractivity (Wildman–Crippen MR) is 80.7 cm³/mol. The summed E-state index contributed by atoms with van der Waals surface area (Å²) >= 11 is 0. The van der Waals surface area contributed by atoms with Crippen molar-refractivity contribution in [3.8, 4) is 0 Å². The van der Waals surface area contributed by atoms with Crippen LogP contribution in [0.25, 0.3) is 0 Å². The number of nitrogens with one attached hydrogen (secondary N) is 2. The lowest BCUT2D eigenvalue weighted by atomic mass is 10.2. The fourth-order valence-corrected chi connectivity index (χ4v) is 1.56. The summed E-state index contributed by atoms with van der Waals surface area (Å²) < 4.78 is 9.64. The maximum Gasteiger partial charge on any atom is 0.407 e. The topological polar surface area (TPSA) is 114 Å². The van der Waals surface area contributed by atoms with E-state index in [1.165, 1.54) is 0 Å². The number of benzene rings is 1. The van der Waals surface area contributed by atoms with Crippen LogP contribution in [0.15, 0.2) is 30.3 Å². The molecule has 1 aromatic rings. The molecular formula is C15H20N2O6. The lowest BCUT2D eigenvalue weighted by Gasteiger charge is -2.08. The standard InChI is InChI=1S/C15H20N2O6/c18-13(10-22-11-14(19)20)16-7-4-8-17-15(21)23-9-12-5-2-1-3-6-12/h1-3,5-6H,4,7-11H2,(H,16,18)(H,17,21)(H,19,20). The van der Waals surface area contributed by atoms with E-state index in [1.54, 1.807) is 0 Å². The van der Waals surface area contributed by atoms with Crippen LogP contribution in [0, 0.1) is 0 Å². The maximum absolute atomic E-state index is 11.4. The van der Waals surface area contributed by atoms with Crippen molar-refractivity contribution in [2.75, 3.05) is 26.3 Å². The average Bonchev–Trinajstić information content (AvgIpc) is 2.53. The van der Waals surface area contributed by atoms with Gasteiger partial charge in [-0.1, -0.05) is 30.3 Å². The van der Waals surface area contributed by atoms with Crippen molar-refractivity contribution in [3.05, 3.63) is 35.9 Å². The zero-order chi connectivity index (χ0) is 16.9. The molecule has 8 heteroatoms. The van der Waals surface area contributed by atoms with Gasteiger partial charge in [-0.2, -0.15) is 0 Å². The molecule has 0 heterocycles. The molecule has 0 bridgehead atoms. The molecule has 0 saturated carbocycles. The Labute approximate surface area is 133 Å². The highest BCUT2D eigenvalue weighted by Crippen LogP contribution is 2.00. The predicted octanol–water partition coefficient (Wildman–Crippen LogP) is 0.520. The van der Waals surface area contributed by atoms with Crippen LogP contribution in [-0.2, 0) is 25.7 Å². The monoisotopic (exact) mass is 324 g/mol. The minimum absolute atomic E-state index is 0.199. The average molecular weight is 324 g/mol. The highest BCUT2D eigenvalue weighted by atomic mass is 16.5. The van der Waals surface area contributed by atoms with Gasteiger partial charge < -0.3 is 25.2 Å². The number of hydrogen-bond donors (Lipinski definition) is 3. The van der Waals surface area contributed by atoms with E-state index in [0.717, 1.165) is 5.56 Å². The molecule has 0 fully saturated rings. The zero-order valence-electron chi connectivity index (χ0n) is 12.6. The minimum atomic E-state index is -1.13. The van der Waals surface area contributed by atoms with Gasteiger partial charge in [0.05, 0.1) is 0 Å². The van der Waals surface area contributed by atoms with Crippen LogP contribution in [0.1, 0.15) is 12.0 Å². The molecule has 0 aliphatic rings. The molecule has 2 amide bonds. The van der Waals surface area contributed by atoms with Gasteiger partial charge >= 0.3 is 12.1 Å². The third kappa shape index (κ3) is 9.86. The van der Waals surface area contributed by atoms with Gasteiger partial charge in [0, 0.05) is 13.1 Å². The van der Waals surface area contributed by atoms with Crippen molar-refractivity contribution in [1.29, 1.82) is 0 Å². The molecule has 0 unspecified atom stereocenters. The molecular weight excluding hydrogens is 304 g/mol. The molecule has 8 nitrogen and oxygen atoms in total. The molecule has 23 heavy (non-hydrogen) atoms. The van der Waals surface area contributed by atoms with Crippen LogP contribution in [-0.4, -0.2) is 49.4 Å². The Balaban J connectivity index is 1.98. The molecule has 1 aromatic carbocycles. The molecule has 126 valence electrons. The minimum Gasteiger partial charge on any atom is -0.480 e. The highest BCUT2D eigenvalue weighted by Gasteiger charge is 2.04. The van der Waals surface area contributed by atoms with Gasteiger partial charge in [0.15, 0.2) is 0 Å². The summed E-state index contributed by atoms with van der Waals surface area (Å²) in [6.07, 6.45) is -0.00422. The number of carboxylic acids is 1. The Kier molecular flexibility index (Phi) is 8.84. The highest BCUT2D eigenvalue weighted by molar-refractivity contribution is 5.77. The second kappa shape index (κ2) is 11.0. The quantitative estimate of drug-likeness (QED) is 0.541. The lowest BCUT2D eigenvalue weighted by Crippen LogP contribution is -2.32. The van der Waals surface area contributed by atoms with Gasteiger partial charge in [0.2, 0.25) is 5.91 Å². The molecule has 0 aliphatic carbocycles. The van der Waals surface area contributed by atoms with Gasteiger partial charge in [-0.3, -0.25) is 4.79 Å². The summed E-state index contributed by atoms with van der Waals surface area (Å²) in [5.74, 6) is -1.53. The first kappa shape index (κ1) is 18.4. The van der Waals surface area contributed by atoms with Gasteiger partial charge in [-0.15, -0.1) is 0 Å². The second-order valence-corrected chi connectivity index (χ2v) is 4.58. The number of carboxylic acid groups (broad SMARTS) is 1. The van der Waals surface area contributed by atoms with Gasteiger partial charge in [0.1, 0.15) is 19.8 Å². The summed E-state index contributed by atoms with van der Waals surface area (Å²) in [4.78, 5) is 32.8. The summed E-state index contributed by atoms with van der Waals surface area (Å²) in [7, 11) is 0. The van der Waals surface area contributed by atoms with Crippen molar-refractivity contribution in [2.45, 2.75) is 13.0 Å². The Morgan fingerprint density at radius 3 is 2.39 bits per heavy atom. The van der Waals surface area contributed by atoms with E-state index in [2.05, 4.69) is 15.4 Å². The van der Waals surface area contributed by atoms with Crippen molar-refractivity contribution in [2.24, 2.45) is 0 Å². The number of hydrogen-bond acceptors (Lipinski definition) is 5. The molecule has 0 aliphatic heterocycles. The number of alkyl carbamates (subject to hydrolysis) is 1. The lowest BCUT2D eigenvalue weighted by molar-refractivity contribution is -0.143. The summed E-state index contributed by atoms with van der Waals surface area (Å²) in [5.41, 5.74) is 0.899. The largest absolute Gasteiger partial charge is 0.480 e. The number of carbonyl (C=O) groups excluding carboxylic acids is 2. The molecule has 0 atom stereocenters. The molecule has 0 spiro atoms. The Morgan fingerprint density at radius 2 is 1.70 bits per heavy atom. The first-order valence-electron chi connectivity index (χ1n) is 7.08. The molecule has 0 radical (unpaired) electrons. The normalized spacial score (nSPS) is 9.91. The van der Waals surface area contributed by atoms with E-state index >= 15 is 0 Å². The molecule has 3 N–H and O–H groups in total. The van der Waals surface area contributed by atoms with Crippen LogP contribution in [0.4, 0.5) is 4.79 Å². The smallest absolute Gasteiger partial charge is 0.407 e. The third-order valence-corrected chi connectivity index (χ3v) is 2.62. The van der Waals surface area contributed by atoms with Crippen LogP contribution in [0.3, 0.4) is 0 Å². The van der Waals surface area contributed by atoms with Gasteiger partial charge in [0.25, 0.3) is 0 Å². The zero-order valence-corrected chi connectivity index (χ0v) is 12.6. The van der Waals surface area contributed by atoms with Gasteiger partial charge in [-0.05, 0) is 12.0 Å². The van der Waals surface area contributed by atoms with Crippen LogP contribution in [0.5, 0.6) is 0 Å². The Hall–Kier alpha value is -2.61. The molecule has 0 aromatic heterocycles. The van der Waals surface area contributed by atoms with Crippen molar-refractivity contribution >= 4 is 18.0 Å². The Bertz CT molecular complexity index is 506. The van der Waals surface area contributed by atoms with Crippen molar-refractivity contribution < 1.29 is 29.0 Å². The first-order valence-corrected chi connectivity index (χ1v) is 7.08. The fourth-order valence-electron chi connectivity index (χ4n) is 1.56. The fraction of sp³-hybridized carbons (Fsp3) is 0.400. The van der Waals surface area contributed by atoms with E-state index in [9.17, 15) is 14.4 Å². The number of rotatable bonds is 10. The third-order valence-electron chi connectivity index (χ3n) is 2.62. The molecule has 1 rings (SSSR count). The van der Waals surface area contributed by atoms with Crippen LogP contribution in [0.2, 0.25) is 0 Å². The first-order chi connectivity index (χ1) is 11.1. The summed E-state index contributed by atoms with van der Waals surface area (Å²) in [5, 5.41) is 13.4. The van der Waals surface area contributed by atoms with Crippen LogP contribution < -0.4 is 10.6 Å². The van der Waals surface area contributed by atoms with E-state index in [0.29, 0.717) is 19.5 Å². The number of aliphatic carboxylic acids is 1. The number of ether oxygens (including phenoxy) is 2.